The highest BCUT2D eigenvalue weighted by Crippen LogP contribution is 2.36. The number of ether oxygens (including phenoxy) is 1. The van der Waals surface area contributed by atoms with Gasteiger partial charge in [0.25, 0.3) is 0 Å². The highest BCUT2D eigenvalue weighted by Gasteiger charge is 2.34. The number of fused-ring (bicyclic) bond motifs is 1. The third-order valence-electron chi connectivity index (χ3n) is 5.70. The molecule has 3 heterocycles. The van der Waals surface area contributed by atoms with Gasteiger partial charge in [-0.1, -0.05) is 29.8 Å². The van der Waals surface area contributed by atoms with Gasteiger partial charge in [-0.3, -0.25) is 0 Å². The molecule has 0 radical (unpaired) electrons. The Hall–Kier alpha value is -1.72. The van der Waals surface area contributed by atoms with Gasteiger partial charge in [-0.25, -0.2) is 9.67 Å². The van der Waals surface area contributed by atoms with Crippen molar-refractivity contribution in [2.45, 2.75) is 51.1 Å². The maximum absolute atomic E-state index is 5.29. The van der Waals surface area contributed by atoms with Crippen LogP contribution < -0.4 is 0 Å². The molecule has 0 amide bonds. The Morgan fingerprint density at radius 3 is 2.80 bits per heavy atom. The van der Waals surface area contributed by atoms with Crippen molar-refractivity contribution in [2.24, 2.45) is 0 Å². The summed E-state index contributed by atoms with van der Waals surface area (Å²) in [6, 6.07) is 9.24. The van der Waals surface area contributed by atoms with E-state index in [9.17, 15) is 0 Å². The molecule has 0 spiro atoms. The minimum absolute atomic E-state index is 0.517. The Balaban J connectivity index is 1.61. The van der Waals surface area contributed by atoms with Crippen molar-refractivity contribution in [1.82, 2.24) is 19.7 Å². The van der Waals surface area contributed by atoms with E-state index in [-0.39, 0.29) is 0 Å². The minimum Gasteiger partial charge on any atom is -0.383 e. The normalized spacial score (nSPS) is 23.8. The predicted octanol–water partition coefficient (Wildman–Crippen LogP) is 3.24. The zero-order valence-corrected chi connectivity index (χ0v) is 15.3. The van der Waals surface area contributed by atoms with Gasteiger partial charge in [0.1, 0.15) is 5.82 Å². The summed E-state index contributed by atoms with van der Waals surface area (Å²) in [5, 5.41) is 4.82. The number of rotatable bonds is 5. The van der Waals surface area contributed by atoms with Crippen molar-refractivity contribution >= 4 is 0 Å². The zero-order chi connectivity index (χ0) is 17.2. The summed E-state index contributed by atoms with van der Waals surface area (Å²) in [5.74, 6) is 2.52. The SMILES string of the molecule is COCCn1nc(-c2ccc(C)cc2)nc1C1CCN2CCCC2C1. The van der Waals surface area contributed by atoms with Crippen molar-refractivity contribution < 1.29 is 4.74 Å². The molecule has 2 atom stereocenters. The van der Waals surface area contributed by atoms with E-state index in [0.717, 1.165) is 29.8 Å². The predicted molar refractivity (Wildman–Crippen MR) is 98.6 cm³/mol. The van der Waals surface area contributed by atoms with E-state index in [0.29, 0.717) is 12.5 Å². The van der Waals surface area contributed by atoms with Gasteiger partial charge in [0.15, 0.2) is 5.82 Å². The molecule has 2 aromatic rings. The molecular formula is C20H28N4O. The van der Waals surface area contributed by atoms with Crippen LogP contribution in [0.4, 0.5) is 0 Å². The van der Waals surface area contributed by atoms with E-state index in [4.69, 9.17) is 14.8 Å². The Morgan fingerprint density at radius 1 is 1.16 bits per heavy atom. The molecule has 2 aliphatic rings. The maximum Gasteiger partial charge on any atom is 0.181 e. The fourth-order valence-corrected chi connectivity index (χ4v) is 4.28. The van der Waals surface area contributed by atoms with Crippen LogP contribution in [0.25, 0.3) is 11.4 Å². The lowest BCUT2D eigenvalue weighted by Gasteiger charge is -2.34. The first-order valence-corrected chi connectivity index (χ1v) is 9.49. The van der Waals surface area contributed by atoms with Gasteiger partial charge in [-0.2, -0.15) is 5.10 Å². The molecule has 134 valence electrons. The lowest BCUT2D eigenvalue weighted by molar-refractivity contribution is 0.166. The third-order valence-corrected chi connectivity index (χ3v) is 5.70. The molecule has 2 saturated heterocycles. The number of benzene rings is 1. The minimum atomic E-state index is 0.517. The van der Waals surface area contributed by atoms with Crippen molar-refractivity contribution in [3.05, 3.63) is 35.7 Å². The Labute approximate surface area is 150 Å². The molecule has 1 aromatic carbocycles. The van der Waals surface area contributed by atoms with Crippen LogP contribution in [0.3, 0.4) is 0 Å². The average Bonchev–Trinajstić information content (AvgIpc) is 3.26. The highest BCUT2D eigenvalue weighted by molar-refractivity contribution is 5.55. The number of methoxy groups -OCH3 is 1. The van der Waals surface area contributed by atoms with Crippen LogP contribution in [-0.2, 0) is 11.3 Å². The number of nitrogens with zero attached hydrogens (tertiary/aromatic N) is 4. The van der Waals surface area contributed by atoms with E-state index in [1.165, 1.54) is 44.3 Å². The van der Waals surface area contributed by atoms with Crippen molar-refractivity contribution in [3.8, 4) is 11.4 Å². The third kappa shape index (κ3) is 3.48. The molecule has 25 heavy (non-hydrogen) atoms. The van der Waals surface area contributed by atoms with Gasteiger partial charge in [-0.05, 0) is 45.7 Å². The zero-order valence-electron chi connectivity index (χ0n) is 15.3. The molecule has 4 rings (SSSR count). The smallest absolute Gasteiger partial charge is 0.181 e. The molecule has 0 saturated carbocycles. The van der Waals surface area contributed by atoms with Crippen LogP contribution in [0.5, 0.6) is 0 Å². The van der Waals surface area contributed by atoms with Crippen LogP contribution in [0.15, 0.2) is 24.3 Å². The number of hydrogen-bond donors (Lipinski definition) is 0. The summed E-state index contributed by atoms with van der Waals surface area (Å²) in [6.45, 7) is 6.03. The Bertz CT molecular complexity index is 709. The van der Waals surface area contributed by atoms with Crippen LogP contribution >= 0.6 is 0 Å². The summed E-state index contributed by atoms with van der Waals surface area (Å²) in [5.41, 5.74) is 2.36. The lowest BCUT2D eigenvalue weighted by Crippen LogP contribution is -2.37. The second-order valence-corrected chi connectivity index (χ2v) is 7.43. The lowest BCUT2D eigenvalue weighted by atomic mass is 9.90. The first-order chi connectivity index (χ1) is 12.2. The summed E-state index contributed by atoms with van der Waals surface area (Å²) < 4.78 is 7.38. The van der Waals surface area contributed by atoms with Crippen molar-refractivity contribution in [1.29, 1.82) is 0 Å². The second-order valence-electron chi connectivity index (χ2n) is 7.43. The van der Waals surface area contributed by atoms with E-state index in [1.807, 2.05) is 0 Å². The molecule has 0 N–H and O–H groups in total. The number of aryl methyl sites for hydroxylation is 1. The Kier molecular flexibility index (Phi) is 4.86. The summed E-state index contributed by atoms with van der Waals surface area (Å²) in [6.07, 6.45) is 5.10. The molecule has 5 heteroatoms. The number of aromatic nitrogens is 3. The van der Waals surface area contributed by atoms with Crippen LogP contribution in [0, 0.1) is 6.92 Å². The quantitative estimate of drug-likeness (QED) is 0.838. The monoisotopic (exact) mass is 340 g/mol. The van der Waals surface area contributed by atoms with Gasteiger partial charge in [0, 0.05) is 24.6 Å². The summed E-state index contributed by atoms with van der Waals surface area (Å²) >= 11 is 0. The molecule has 0 bridgehead atoms. The topological polar surface area (TPSA) is 43.2 Å². The van der Waals surface area contributed by atoms with Crippen LogP contribution in [0.2, 0.25) is 0 Å². The second kappa shape index (κ2) is 7.26. The molecule has 5 nitrogen and oxygen atoms in total. The number of hydrogen-bond acceptors (Lipinski definition) is 4. The fourth-order valence-electron chi connectivity index (χ4n) is 4.28. The molecule has 2 fully saturated rings. The highest BCUT2D eigenvalue weighted by atomic mass is 16.5. The fraction of sp³-hybridized carbons (Fsp3) is 0.600. The number of piperidine rings is 1. The first-order valence-electron chi connectivity index (χ1n) is 9.49. The molecule has 2 aliphatic heterocycles. The van der Waals surface area contributed by atoms with Crippen molar-refractivity contribution in [3.63, 3.8) is 0 Å². The molecule has 1 aromatic heterocycles. The molecule has 0 aliphatic carbocycles. The van der Waals surface area contributed by atoms with Gasteiger partial charge < -0.3 is 9.64 Å². The largest absolute Gasteiger partial charge is 0.383 e. The molecular weight excluding hydrogens is 312 g/mol. The van der Waals surface area contributed by atoms with Gasteiger partial charge in [0.2, 0.25) is 0 Å². The van der Waals surface area contributed by atoms with Gasteiger partial charge in [0.05, 0.1) is 13.2 Å². The van der Waals surface area contributed by atoms with Crippen molar-refractivity contribution in [2.75, 3.05) is 26.8 Å². The standard InChI is InChI=1S/C20H28N4O/c1-15-5-7-16(8-6-15)19-21-20(24(22-19)12-13-25-2)17-9-11-23-10-3-4-18(23)14-17/h5-8,17-18H,3-4,9-14H2,1-2H3. The Morgan fingerprint density at radius 2 is 2.00 bits per heavy atom. The van der Waals surface area contributed by atoms with Crippen LogP contribution in [0.1, 0.15) is 43.0 Å². The average molecular weight is 340 g/mol. The first kappa shape index (κ1) is 16.7. The van der Waals surface area contributed by atoms with Gasteiger partial charge in [-0.15, -0.1) is 0 Å². The maximum atomic E-state index is 5.29. The van der Waals surface area contributed by atoms with E-state index >= 15 is 0 Å². The van der Waals surface area contributed by atoms with Gasteiger partial charge >= 0.3 is 0 Å². The van der Waals surface area contributed by atoms with Crippen LogP contribution in [-0.4, -0.2) is 52.5 Å². The summed E-state index contributed by atoms with van der Waals surface area (Å²) in [7, 11) is 1.74. The van der Waals surface area contributed by atoms with E-state index in [1.54, 1.807) is 7.11 Å². The molecule has 2 unspecified atom stereocenters. The van der Waals surface area contributed by atoms with E-state index in [2.05, 4.69) is 40.8 Å². The summed E-state index contributed by atoms with van der Waals surface area (Å²) in [4.78, 5) is 7.64. The van der Waals surface area contributed by atoms with E-state index < -0.39 is 0 Å².